The molecule has 0 aromatic heterocycles. The van der Waals surface area contributed by atoms with Gasteiger partial charge in [0.15, 0.2) is 23.0 Å². The molecule has 0 radical (unpaired) electrons. The lowest BCUT2D eigenvalue weighted by atomic mass is 9.86. The molecule has 4 aromatic rings. The van der Waals surface area contributed by atoms with Crippen molar-refractivity contribution in [3.05, 3.63) is 99.6 Å². The Balaban J connectivity index is 1.28. The number of aliphatic hydroxyl groups excluding tert-OH is 3. The smallest absolute Gasteiger partial charge is 0.204 e. The minimum absolute atomic E-state index is 0.000179. The summed E-state index contributed by atoms with van der Waals surface area (Å²) < 4.78 is 32.1. The number of piperidine rings is 1. The van der Waals surface area contributed by atoms with Gasteiger partial charge in [0.25, 0.3) is 0 Å². The van der Waals surface area contributed by atoms with Gasteiger partial charge >= 0.3 is 0 Å². The van der Waals surface area contributed by atoms with Crippen LogP contribution in [0.4, 0.5) is 0 Å². The van der Waals surface area contributed by atoms with Crippen LogP contribution < -0.4 is 23.7 Å². The number of methoxy groups -OCH3 is 2. The predicted molar refractivity (Wildman–Crippen MR) is 214 cm³/mol. The molecule has 11 heteroatoms. The van der Waals surface area contributed by atoms with Crippen molar-refractivity contribution in [1.82, 2.24) is 14.7 Å². The maximum absolute atomic E-state index is 11.3. The summed E-state index contributed by atoms with van der Waals surface area (Å²) in [5, 5.41) is 32.4. The monoisotopic (exact) mass is 765 g/mol. The van der Waals surface area contributed by atoms with Gasteiger partial charge in [0.05, 0.1) is 26.9 Å². The molecule has 0 aliphatic carbocycles. The zero-order chi connectivity index (χ0) is 38.9. The number of likely N-dealkylation sites (tertiary alicyclic amines) is 1. The first-order valence-electron chi connectivity index (χ1n) is 19.9. The largest absolute Gasteiger partial charge is 0.493 e. The van der Waals surface area contributed by atoms with Crippen molar-refractivity contribution in [2.75, 3.05) is 67.6 Å². The van der Waals surface area contributed by atoms with Gasteiger partial charge in [-0.05, 0) is 129 Å². The summed E-state index contributed by atoms with van der Waals surface area (Å²) in [5.74, 6) is 4.05. The summed E-state index contributed by atoms with van der Waals surface area (Å²) in [7, 11) is 7.58. The van der Waals surface area contributed by atoms with Crippen LogP contribution in [0.1, 0.15) is 63.9 Å². The zero-order valence-electron chi connectivity index (χ0n) is 33.0. The fraction of sp³-hybridized carbons (Fsp3) is 0.467. The van der Waals surface area contributed by atoms with Crippen molar-refractivity contribution in [2.24, 2.45) is 0 Å². The Kier molecular flexibility index (Phi) is 11.4. The number of likely N-dealkylation sites (N-methyl/N-ethyl adjacent to an activating group) is 2. The Labute approximate surface area is 329 Å². The maximum Gasteiger partial charge on any atom is 0.204 e. The maximum atomic E-state index is 11.3. The van der Waals surface area contributed by atoms with Crippen LogP contribution in [-0.2, 0) is 32.3 Å². The molecule has 5 aliphatic heterocycles. The van der Waals surface area contributed by atoms with Crippen LogP contribution in [0.5, 0.6) is 40.2 Å². The van der Waals surface area contributed by atoms with Crippen LogP contribution in [-0.4, -0.2) is 110 Å². The number of hydrogen-bond acceptors (Lipinski definition) is 11. The average molecular weight is 766 g/mol. The first-order chi connectivity index (χ1) is 27.2. The second-order valence-corrected chi connectivity index (χ2v) is 15.9. The second-order valence-electron chi connectivity index (χ2n) is 15.9. The summed E-state index contributed by atoms with van der Waals surface area (Å²) >= 11 is 0. The van der Waals surface area contributed by atoms with Gasteiger partial charge in [0, 0.05) is 49.4 Å². The van der Waals surface area contributed by atoms with Crippen molar-refractivity contribution in [1.29, 1.82) is 0 Å². The number of aliphatic hydroxyl groups is 3. The Morgan fingerprint density at radius 1 is 0.804 bits per heavy atom. The van der Waals surface area contributed by atoms with Gasteiger partial charge in [-0.2, -0.15) is 0 Å². The summed E-state index contributed by atoms with van der Waals surface area (Å²) in [6.45, 7) is 3.26. The number of hydrogen-bond donors (Lipinski definition) is 3. The highest BCUT2D eigenvalue weighted by atomic mass is 16.5. The van der Waals surface area contributed by atoms with Crippen LogP contribution in [0.2, 0.25) is 0 Å². The number of ether oxygens (including phenoxy) is 5. The first kappa shape index (κ1) is 38.5. The van der Waals surface area contributed by atoms with Gasteiger partial charge in [0.2, 0.25) is 5.75 Å². The van der Waals surface area contributed by atoms with E-state index in [1.54, 1.807) is 14.2 Å². The lowest BCUT2D eigenvalue weighted by Crippen LogP contribution is -2.43. The molecule has 1 saturated heterocycles. The summed E-state index contributed by atoms with van der Waals surface area (Å²) in [4.78, 5) is 6.82. The highest BCUT2D eigenvalue weighted by Crippen LogP contribution is 2.51. The molecule has 0 amide bonds. The van der Waals surface area contributed by atoms with Crippen LogP contribution in [0, 0.1) is 0 Å². The summed E-state index contributed by atoms with van der Waals surface area (Å²) in [6, 6.07) is 20.6. The van der Waals surface area contributed by atoms with Crippen LogP contribution in [0.3, 0.4) is 0 Å². The van der Waals surface area contributed by atoms with Crippen molar-refractivity contribution in [3.8, 4) is 40.2 Å². The fourth-order valence-corrected chi connectivity index (χ4v) is 9.00. The second kappa shape index (κ2) is 16.6. The van der Waals surface area contributed by atoms with Gasteiger partial charge in [-0.3, -0.25) is 14.7 Å². The standard InChI is InChI=1S/C45H55N3O8/c1-46-16-13-30-21-32(26-49)40-23-36(30)37(46)18-28-7-10-35(11-8-28)55-41-20-29(9-12-39(41)52-3)19-38-43-31(14-17-47(38)2)22-42(53-4)44(45(43)56-40)54-27-34(51)25-48-15-5-6-33(50)24-48/h7-12,20-23,33-34,37-38,49-51H,5-6,13-19,24-27H2,1-4H3/t33?,34?,37-,38-/m0/s1. The van der Waals surface area contributed by atoms with E-state index in [0.717, 1.165) is 74.2 Å². The van der Waals surface area contributed by atoms with E-state index >= 15 is 0 Å². The van der Waals surface area contributed by atoms with E-state index in [0.29, 0.717) is 59.6 Å². The third kappa shape index (κ3) is 7.94. The topological polar surface area (TPSA) is 117 Å². The molecule has 5 aliphatic rings. The minimum Gasteiger partial charge on any atom is -0.493 e. The van der Waals surface area contributed by atoms with Gasteiger partial charge in [-0.1, -0.05) is 18.2 Å². The molecule has 1 fully saturated rings. The van der Waals surface area contributed by atoms with Crippen LogP contribution >= 0.6 is 0 Å². The molecular weight excluding hydrogens is 711 g/mol. The Morgan fingerprint density at radius 3 is 2.29 bits per heavy atom. The van der Waals surface area contributed by atoms with E-state index in [2.05, 4.69) is 65.2 Å². The van der Waals surface area contributed by atoms with E-state index in [1.165, 1.54) is 16.7 Å². The fourth-order valence-electron chi connectivity index (χ4n) is 9.00. The molecular formula is C45H55N3O8. The van der Waals surface area contributed by atoms with Gasteiger partial charge in [-0.15, -0.1) is 0 Å². The predicted octanol–water partition coefficient (Wildman–Crippen LogP) is 5.83. The van der Waals surface area contributed by atoms with E-state index in [1.807, 2.05) is 24.3 Å². The van der Waals surface area contributed by atoms with Crippen LogP contribution in [0.15, 0.2) is 60.7 Å². The molecule has 298 valence electrons. The number of β-amino-alcohol motifs (C(OH)–C–C–N with tert-alkyl or cyclic N) is 2. The lowest BCUT2D eigenvalue weighted by molar-refractivity contribution is 0.0236. The Hall–Kier alpha value is -4.36. The third-order valence-corrected chi connectivity index (χ3v) is 12.1. The van der Waals surface area contributed by atoms with Gasteiger partial charge in [0.1, 0.15) is 24.2 Å². The molecule has 56 heavy (non-hydrogen) atoms. The highest BCUT2D eigenvalue weighted by molar-refractivity contribution is 5.63. The Bertz CT molecular complexity index is 2020. The van der Waals surface area contributed by atoms with Crippen molar-refractivity contribution < 1.29 is 39.0 Å². The SMILES string of the molecule is COc1ccc2cc1Oc1ccc(cc1)C[C@H]1c3cc(c(CO)cc3CCN1C)Oc1c(OCC(O)CN3CCCC(O)C3)c(OC)cc3c1[C@H](C2)N(C)CC3. The Morgan fingerprint density at radius 2 is 1.54 bits per heavy atom. The summed E-state index contributed by atoms with van der Waals surface area (Å²) in [5.41, 5.74) is 7.38. The highest BCUT2D eigenvalue weighted by Gasteiger charge is 2.35. The third-order valence-electron chi connectivity index (χ3n) is 12.1. The van der Waals surface area contributed by atoms with E-state index < -0.39 is 6.10 Å². The zero-order valence-corrected chi connectivity index (χ0v) is 33.0. The van der Waals surface area contributed by atoms with Crippen LogP contribution in [0.25, 0.3) is 0 Å². The van der Waals surface area contributed by atoms with E-state index in [9.17, 15) is 15.3 Å². The number of nitrogens with zero attached hydrogens (tertiary/aromatic N) is 3. The normalized spacial score (nSPS) is 21.9. The molecule has 9 rings (SSSR count). The number of rotatable bonds is 8. The number of fused-ring (bicyclic) bond motifs is 2. The quantitative estimate of drug-likeness (QED) is 0.201. The van der Waals surface area contributed by atoms with E-state index in [-0.39, 0.29) is 31.4 Å². The summed E-state index contributed by atoms with van der Waals surface area (Å²) in [6.07, 6.45) is 3.51. The van der Waals surface area contributed by atoms with Crippen molar-refractivity contribution >= 4 is 0 Å². The molecule has 11 nitrogen and oxygen atoms in total. The number of benzene rings is 4. The van der Waals surface area contributed by atoms with Gasteiger partial charge in [-0.25, -0.2) is 0 Å². The van der Waals surface area contributed by atoms with Crippen molar-refractivity contribution in [2.45, 2.75) is 69.4 Å². The molecule has 2 unspecified atom stereocenters. The van der Waals surface area contributed by atoms with E-state index in [4.69, 9.17) is 23.7 Å². The first-order valence-corrected chi connectivity index (χ1v) is 19.9. The molecule has 6 bridgehead atoms. The molecule has 0 saturated carbocycles. The van der Waals surface area contributed by atoms with Gasteiger partial charge < -0.3 is 39.0 Å². The molecule has 0 spiro atoms. The molecule has 4 atom stereocenters. The molecule has 3 N–H and O–H groups in total. The average Bonchev–Trinajstić information content (AvgIpc) is 3.19. The molecule has 4 aromatic carbocycles. The lowest BCUT2D eigenvalue weighted by Gasteiger charge is -2.38. The minimum atomic E-state index is -0.814. The molecule has 5 heterocycles. The van der Waals surface area contributed by atoms with Crippen molar-refractivity contribution in [3.63, 3.8) is 0 Å².